The summed E-state index contributed by atoms with van der Waals surface area (Å²) in [4.78, 5) is 12.2. The Hall–Kier alpha value is -2.29. The molecule has 0 aliphatic heterocycles. The molecular weight excluding hydrogens is 248 g/mol. The minimum atomic E-state index is 0.0531. The zero-order valence-corrected chi connectivity index (χ0v) is 11.3. The van der Waals surface area contributed by atoms with E-state index in [1.165, 1.54) is 11.1 Å². The summed E-state index contributed by atoms with van der Waals surface area (Å²) in [6, 6.07) is 15.9. The first-order valence-corrected chi connectivity index (χ1v) is 6.92. The van der Waals surface area contributed by atoms with Gasteiger partial charge in [0.25, 0.3) is 0 Å². The van der Waals surface area contributed by atoms with Crippen molar-refractivity contribution in [2.75, 3.05) is 5.73 Å². The lowest BCUT2D eigenvalue weighted by molar-refractivity contribution is -0.124. The molecule has 1 aliphatic carbocycles. The van der Waals surface area contributed by atoms with E-state index in [2.05, 4.69) is 17.4 Å². The number of nitrogens with two attached hydrogens (primary N) is 1. The molecule has 3 heteroatoms. The molecule has 1 aliphatic rings. The minimum Gasteiger partial charge on any atom is -0.398 e. The van der Waals surface area contributed by atoms with Gasteiger partial charge < -0.3 is 11.1 Å². The van der Waals surface area contributed by atoms with Crippen LogP contribution in [0, 0.1) is 5.92 Å². The number of nitrogens with one attached hydrogen (secondary N) is 1. The van der Waals surface area contributed by atoms with Gasteiger partial charge in [-0.1, -0.05) is 42.5 Å². The predicted molar refractivity (Wildman–Crippen MR) is 80.0 cm³/mol. The van der Waals surface area contributed by atoms with E-state index < -0.39 is 0 Å². The molecular formula is C17H18N2O. The first-order chi connectivity index (χ1) is 9.74. The maximum Gasteiger partial charge on any atom is 0.224 e. The summed E-state index contributed by atoms with van der Waals surface area (Å²) in [7, 11) is 0. The molecule has 2 aromatic carbocycles. The van der Waals surface area contributed by atoms with E-state index in [4.69, 9.17) is 5.73 Å². The van der Waals surface area contributed by atoms with Gasteiger partial charge in [-0.15, -0.1) is 0 Å². The van der Waals surface area contributed by atoms with Gasteiger partial charge in [0.1, 0.15) is 0 Å². The van der Waals surface area contributed by atoms with Gasteiger partial charge in [0.05, 0.1) is 0 Å². The number of para-hydroxylation sites is 1. The highest BCUT2D eigenvalue weighted by molar-refractivity contribution is 5.80. The van der Waals surface area contributed by atoms with Crippen molar-refractivity contribution >= 4 is 11.6 Å². The third kappa shape index (κ3) is 2.52. The predicted octanol–water partition coefficient (Wildman–Crippen LogP) is 2.30. The number of carbonyl (C=O) groups is 1. The molecule has 3 N–H and O–H groups in total. The zero-order valence-electron chi connectivity index (χ0n) is 11.3. The van der Waals surface area contributed by atoms with Crippen molar-refractivity contribution in [3.63, 3.8) is 0 Å². The van der Waals surface area contributed by atoms with Crippen LogP contribution in [0.1, 0.15) is 16.7 Å². The number of nitrogen functional groups attached to an aromatic ring is 1. The molecule has 3 rings (SSSR count). The van der Waals surface area contributed by atoms with Crippen LogP contribution in [-0.4, -0.2) is 5.91 Å². The van der Waals surface area contributed by atoms with E-state index in [0.717, 1.165) is 24.1 Å². The molecule has 0 spiro atoms. The van der Waals surface area contributed by atoms with Crippen molar-refractivity contribution in [1.29, 1.82) is 0 Å². The van der Waals surface area contributed by atoms with Crippen LogP contribution in [0.25, 0.3) is 0 Å². The van der Waals surface area contributed by atoms with E-state index in [-0.39, 0.29) is 11.8 Å². The van der Waals surface area contributed by atoms with Crippen molar-refractivity contribution in [2.24, 2.45) is 5.92 Å². The Labute approximate surface area is 118 Å². The topological polar surface area (TPSA) is 55.1 Å². The van der Waals surface area contributed by atoms with E-state index in [9.17, 15) is 4.79 Å². The van der Waals surface area contributed by atoms with E-state index in [1.807, 2.05) is 36.4 Å². The van der Waals surface area contributed by atoms with Crippen LogP contribution in [0.5, 0.6) is 0 Å². The maximum atomic E-state index is 12.2. The third-order valence-corrected chi connectivity index (χ3v) is 3.93. The quantitative estimate of drug-likeness (QED) is 0.838. The fourth-order valence-electron chi connectivity index (χ4n) is 2.77. The van der Waals surface area contributed by atoms with Crippen LogP contribution in [0.2, 0.25) is 0 Å². The fourth-order valence-corrected chi connectivity index (χ4v) is 2.77. The largest absolute Gasteiger partial charge is 0.398 e. The second-order valence-electron chi connectivity index (χ2n) is 5.29. The van der Waals surface area contributed by atoms with Gasteiger partial charge in [-0.3, -0.25) is 4.79 Å². The number of carbonyl (C=O) groups excluding carboxylic acids is 1. The number of rotatable bonds is 3. The van der Waals surface area contributed by atoms with Crippen LogP contribution in [-0.2, 0) is 24.2 Å². The second kappa shape index (κ2) is 5.37. The molecule has 1 amide bonds. The Morgan fingerprint density at radius 2 is 1.65 bits per heavy atom. The highest BCUT2D eigenvalue weighted by atomic mass is 16.1. The van der Waals surface area contributed by atoms with Crippen molar-refractivity contribution in [3.8, 4) is 0 Å². The normalized spacial score (nSPS) is 14.0. The summed E-state index contributed by atoms with van der Waals surface area (Å²) >= 11 is 0. The van der Waals surface area contributed by atoms with E-state index >= 15 is 0 Å². The lowest BCUT2D eigenvalue weighted by Crippen LogP contribution is -2.30. The molecule has 0 unspecified atom stereocenters. The number of hydrogen-bond acceptors (Lipinski definition) is 2. The molecule has 20 heavy (non-hydrogen) atoms. The Bertz CT molecular complexity index is 611. The maximum absolute atomic E-state index is 12.2. The van der Waals surface area contributed by atoms with Crippen LogP contribution in [0.15, 0.2) is 48.5 Å². The molecule has 0 aromatic heterocycles. The number of anilines is 1. The first kappa shape index (κ1) is 12.7. The van der Waals surface area contributed by atoms with Gasteiger partial charge in [-0.05, 0) is 35.6 Å². The van der Waals surface area contributed by atoms with Gasteiger partial charge >= 0.3 is 0 Å². The summed E-state index contributed by atoms with van der Waals surface area (Å²) in [6.45, 7) is 0.498. The molecule has 2 aromatic rings. The Balaban J connectivity index is 1.61. The minimum absolute atomic E-state index is 0.0531. The molecule has 0 heterocycles. The van der Waals surface area contributed by atoms with Crippen LogP contribution >= 0.6 is 0 Å². The summed E-state index contributed by atoms with van der Waals surface area (Å²) < 4.78 is 0. The molecule has 0 fully saturated rings. The summed E-state index contributed by atoms with van der Waals surface area (Å²) in [5.74, 6) is 0.168. The zero-order chi connectivity index (χ0) is 13.9. The van der Waals surface area contributed by atoms with Gasteiger partial charge in [-0.25, -0.2) is 0 Å². The summed E-state index contributed by atoms with van der Waals surface area (Å²) in [5.41, 5.74) is 10.2. The number of fused-ring (bicyclic) bond motifs is 1. The summed E-state index contributed by atoms with van der Waals surface area (Å²) in [6.07, 6.45) is 1.68. The first-order valence-electron chi connectivity index (χ1n) is 6.92. The highest BCUT2D eigenvalue weighted by Crippen LogP contribution is 2.26. The van der Waals surface area contributed by atoms with Gasteiger partial charge in [0.2, 0.25) is 5.91 Å². The average Bonchev–Trinajstić information content (AvgIpc) is 2.90. The molecule has 102 valence electrons. The van der Waals surface area contributed by atoms with Crippen LogP contribution < -0.4 is 11.1 Å². The lowest BCUT2D eigenvalue weighted by atomic mass is 10.1. The van der Waals surface area contributed by atoms with E-state index in [0.29, 0.717) is 6.54 Å². The molecule has 0 saturated heterocycles. The molecule has 3 nitrogen and oxygen atoms in total. The standard InChI is InChI=1S/C17H18N2O/c18-16-8-4-3-7-14(16)11-19-17(20)15-9-12-5-1-2-6-13(12)10-15/h1-8,15H,9-11,18H2,(H,19,20). The second-order valence-corrected chi connectivity index (χ2v) is 5.29. The number of benzene rings is 2. The van der Waals surface area contributed by atoms with Crippen LogP contribution in [0.4, 0.5) is 5.69 Å². The van der Waals surface area contributed by atoms with E-state index in [1.54, 1.807) is 0 Å². The van der Waals surface area contributed by atoms with Crippen molar-refractivity contribution in [3.05, 3.63) is 65.2 Å². The van der Waals surface area contributed by atoms with Crippen molar-refractivity contribution in [2.45, 2.75) is 19.4 Å². The van der Waals surface area contributed by atoms with Crippen molar-refractivity contribution < 1.29 is 4.79 Å². The molecule has 0 atom stereocenters. The fraction of sp³-hybridized carbons (Fsp3) is 0.235. The molecule has 0 radical (unpaired) electrons. The highest BCUT2D eigenvalue weighted by Gasteiger charge is 2.26. The van der Waals surface area contributed by atoms with Gasteiger partial charge in [0, 0.05) is 18.2 Å². The molecule has 0 saturated carbocycles. The average molecular weight is 266 g/mol. The number of amides is 1. The van der Waals surface area contributed by atoms with Crippen molar-refractivity contribution in [1.82, 2.24) is 5.32 Å². The molecule has 0 bridgehead atoms. The Kier molecular flexibility index (Phi) is 3.42. The Morgan fingerprint density at radius 1 is 1.05 bits per heavy atom. The number of hydrogen-bond donors (Lipinski definition) is 2. The third-order valence-electron chi connectivity index (χ3n) is 3.93. The lowest BCUT2D eigenvalue weighted by Gasteiger charge is -2.11. The van der Waals surface area contributed by atoms with Crippen LogP contribution in [0.3, 0.4) is 0 Å². The monoisotopic (exact) mass is 266 g/mol. The van der Waals surface area contributed by atoms with Gasteiger partial charge in [-0.2, -0.15) is 0 Å². The SMILES string of the molecule is Nc1ccccc1CNC(=O)C1Cc2ccccc2C1. The smallest absolute Gasteiger partial charge is 0.224 e. The Morgan fingerprint density at radius 3 is 2.30 bits per heavy atom. The van der Waals surface area contributed by atoms with Gasteiger partial charge in [0.15, 0.2) is 0 Å². The summed E-state index contributed by atoms with van der Waals surface area (Å²) in [5, 5.41) is 3.00.